The first-order valence-electron chi connectivity index (χ1n) is 3.70. The predicted octanol–water partition coefficient (Wildman–Crippen LogP) is 2.28. The van der Waals surface area contributed by atoms with Gasteiger partial charge in [-0.3, -0.25) is 10.1 Å². The van der Waals surface area contributed by atoms with Crippen LogP contribution in [0, 0.1) is 10.1 Å². The minimum Gasteiger partial charge on any atom is -0.477 e. The molecule has 0 aliphatic heterocycles. The Labute approximate surface area is 91.6 Å². The highest BCUT2D eigenvalue weighted by atomic mass is 35.5. The Balaban J connectivity index is 3.54. The number of alkyl halides is 2. The van der Waals surface area contributed by atoms with Crippen LogP contribution in [-0.2, 0) is 0 Å². The zero-order valence-corrected chi connectivity index (χ0v) is 8.11. The average molecular weight is 253 g/mol. The molecular weight excluding hydrogens is 250 g/mol. The van der Waals surface area contributed by atoms with Crippen LogP contribution in [0.25, 0.3) is 0 Å². The fourth-order valence-corrected chi connectivity index (χ4v) is 1.30. The molecule has 0 unspecified atom stereocenters. The Kier molecular flexibility index (Phi) is 3.33. The summed E-state index contributed by atoms with van der Waals surface area (Å²) in [5, 5.41) is 18.1. The molecule has 0 bridgehead atoms. The van der Waals surface area contributed by atoms with Crippen LogP contribution >= 0.6 is 11.6 Å². The van der Waals surface area contributed by atoms with E-state index in [4.69, 9.17) is 16.7 Å². The molecule has 6 nitrogen and oxygen atoms in total. The number of nitro groups is 1. The number of carboxylic acid groups (broad SMARTS) is 1. The van der Waals surface area contributed by atoms with Crippen molar-refractivity contribution < 1.29 is 23.6 Å². The number of rotatable bonds is 3. The minimum atomic E-state index is -3.11. The second kappa shape index (κ2) is 4.35. The van der Waals surface area contributed by atoms with Crippen molar-refractivity contribution in [1.82, 2.24) is 4.98 Å². The first kappa shape index (κ1) is 12.2. The number of aromatic nitrogens is 1. The predicted molar refractivity (Wildman–Crippen MR) is 47.8 cm³/mol. The number of hydrogen-bond donors (Lipinski definition) is 1. The van der Waals surface area contributed by atoms with Crippen molar-refractivity contribution in [2.45, 2.75) is 6.43 Å². The van der Waals surface area contributed by atoms with Gasteiger partial charge in [-0.15, -0.1) is 0 Å². The molecule has 1 aromatic rings. The van der Waals surface area contributed by atoms with Crippen LogP contribution in [0.15, 0.2) is 6.20 Å². The van der Waals surface area contributed by atoms with E-state index in [1.165, 1.54) is 0 Å². The summed E-state index contributed by atoms with van der Waals surface area (Å²) < 4.78 is 24.6. The van der Waals surface area contributed by atoms with Crippen molar-refractivity contribution in [3.63, 3.8) is 0 Å². The molecule has 0 fully saturated rings. The molecule has 1 heterocycles. The number of carbonyl (C=O) groups is 1. The maximum Gasteiger partial charge on any atom is 0.344 e. The second-order valence-electron chi connectivity index (χ2n) is 2.58. The summed E-state index contributed by atoms with van der Waals surface area (Å²) in [6.45, 7) is 0. The molecule has 0 aliphatic rings. The van der Waals surface area contributed by atoms with Crippen LogP contribution in [0.2, 0.25) is 5.02 Å². The quantitative estimate of drug-likeness (QED) is 0.658. The Morgan fingerprint density at radius 2 is 2.19 bits per heavy atom. The van der Waals surface area contributed by atoms with E-state index in [1.807, 2.05) is 0 Å². The van der Waals surface area contributed by atoms with E-state index in [0.717, 1.165) is 0 Å². The van der Waals surface area contributed by atoms with Gasteiger partial charge in [0, 0.05) is 0 Å². The van der Waals surface area contributed by atoms with Gasteiger partial charge in [-0.05, 0) is 0 Å². The van der Waals surface area contributed by atoms with Crippen LogP contribution in [0.3, 0.4) is 0 Å². The number of pyridine rings is 1. The van der Waals surface area contributed by atoms with Gasteiger partial charge in [0.25, 0.3) is 6.43 Å². The largest absolute Gasteiger partial charge is 0.477 e. The summed E-state index contributed by atoms with van der Waals surface area (Å²) in [5.74, 6) is -1.76. The lowest BCUT2D eigenvalue weighted by molar-refractivity contribution is -0.385. The first-order valence-corrected chi connectivity index (χ1v) is 4.08. The third kappa shape index (κ3) is 2.06. The normalized spacial score (nSPS) is 10.5. The van der Waals surface area contributed by atoms with E-state index in [9.17, 15) is 23.7 Å². The fraction of sp³-hybridized carbons (Fsp3) is 0.143. The van der Waals surface area contributed by atoms with Crippen LogP contribution in [-0.4, -0.2) is 21.0 Å². The van der Waals surface area contributed by atoms with Crippen LogP contribution < -0.4 is 0 Å². The van der Waals surface area contributed by atoms with Gasteiger partial charge < -0.3 is 5.11 Å². The number of aromatic carboxylic acids is 1. The van der Waals surface area contributed by atoms with Crippen molar-refractivity contribution >= 4 is 23.3 Å². The maximum absolute atomic E-state index is 12.3. The highest BCUT2D eigenvalue weighted by molar-refractivity contribution is 6.34. The van der Waals surface area contributed by atoms with Crippen molar-refractivity contribution in [2.24, 2.45) is 0 Å². The highest BCUT2D eigenvalue weighted by Crippen LogP contribution is 2.32. The smallest absolute Gasteiger partial charge is 0.344 e. The molecule has 0 radical (unpaired) electrons. The lowest BCUT2D eigenvalue weighted by Crippen LogP contribution is -2.07. The molecule has 0 aromatic carbocycles. The number of halogens is 3. The minimum absolute atomic E-state index is 0.441. The van der Waals surface area contributed by atoms with Gasteiger partial charge in [-0.2, -0.15) is 0 Å². The molecule has 0 saturated heterocycles. The molecule has 1 aromatic heterocycles. The molecule has 0 spiro atoms. The third-order valence-electron chi connectivity index (χ3n) is 1.64. The van der Waals surface area contributed by atoms with Gasteiger partial charge in [0.2, 0.25) is 0 Å². The molecule has 0 amide bonds. The maximum atomic E-state index is 12.3. The topological polar surface area (TPSA) is 93.3 Å². The van der Waals surface area contributed by atoms with Crippen molar-refractivity contribution in [3.05, 3.63) is 32.6 Å². The molecule has 16 heavy (non-hydrogen) atoms. The fourth-order valence-electron chi connectivity index (χ4n) is 0.986. The summed E-state index contributed by atoms with van der Waals surface area (Å²) in [5.41, 5.74) is -2.91. The standard InChI is InChI=1S/C7H3ClF2N2O4/c8-4-3(7(13)14)2(12(15)16)1-11-5(4)6(9)10/h1,6H,(H,13,14). The summed E-state index contributed by atoms with van der Waals surface area (Å²) in [6.07, 6.45) is -2.66. The lowest BCUT2D eigenvalue weighted by Gasteiger charge is -2.05. The Hall–Kier alpha value is -1.83. The molecule has 1 N–H and O–H groups in total. The Morgan fingerprint density at radius 3 is 2.56 bits per heavy atom. The van der Waals surface area contributed by atoms with E-state index >= 15 is 0 Å². The van der Waals surface area contributed by atoms with Crippen LogP contribution in [0.4, 0.5) is 14.5 Å². The van der Waals surface area contributed by atoms with Gasteiger partial charge in [0.1, 0.15) is 11.9 Å². The molecule has 9 heteroatoms. The van der Waals surface area contributed by atoms with Crippen molar-refractivity contribution in [1.29, 1.82) is 0 Å². The zero-order valence-electron chi connectivity index (χ0n) is 7.35. The second-order valence-corrected chi connectivity index (χ2v) is 2.96. The zero-order chi connectivity index (χ0) is 12.5. The molecular formula is C7H3ClF2N2O4. The van der Waals surface area contributed by atoms with E-state index in [-0.39, 0.29) is 0 Å². The molecule has 0 aliphatic carbocycles. The molecule has 0 atom stereocenters. The van der Waals surface area contributed by atoms with E-state index in [0.29, 0.717) is 6.20 Å². The summed E-state index contributed by atoms with van der Waals surface area (Å²) in [6, 6.07) is 0. The Bertz CT molecular complexity index is 466. The van der Waals surface area contributed by atoms with Gasteiger partial charge in [-0.1, -0.05) is 11.6 Å². The van der Waals surface area contributed by atoms with Crippen LogP contribution in [0.1, 0.15) is 22.5 Å². The van der Waals surface area contributed by atoms with E-state index in [2.05, 4.69) is 4.98 Å². The molecule has 86 valence electrons. The lowest BCUT2D eigenvalue weighted by atomic mass is 10.2. The first-order chi connectivity index (χ1) is 7.36. The van der Waals surface area contributed by atoms with Gasteiger partial charge in [0.05, 0.1) is 9.95 Å². The number of hydrogen-bond acceptors (Lipinski definition) is 4. The van der Waals surface area contributed by atoms with E-state index in [1.54, 1.807) is 0 Å². The Morgan fingerprint density at radius 1 is 1.62 bits per heavy atom. The average Bonchev–Trinajstić information content (AvgIpc) is 2.15. The molecule has 0 saturated carbocycles. The summed E-state index contributed by atoms with van der Waals surface area (Å²) >= 11 is 5.32. The number of nitrogens with zero attached hydrogens (tertiary/aromatic N) is 2. The summed E-state index contributed by atoms with van der Waals surface area (Å²) in [4.78, 5) is 23.1. The van der Waals surface area contributed by atoms with Gasteiger partial charge in [-0.25, -0.2) is 18.6 Å². The summed E-state index contributed by atoms with van der Waals surface area (Å²) in [7, 11) is 0. The third-order valence-corrected chi connectivity index (χ3v) is 2.03. The van der Waals surface area contributed by atoms with Gasteiger partial charge >= 0.3 is 11.7 Å². The molecule has 1 rings (SSSR count). The monoisotopic (exact) mass is 252 g/mol. The van der Waals surface area contributed by atoms with E-state index < -0.39 is 39.3 Å². The van der Waals surface area contributed by atoms with Gasteiger partial charge in [0.15, 0.2) is 5.56 Å². The van der Waals surface area contributed by atoms with Crippen molar-refractivity contribution in [2.75, 3.05) is 0 Å². The van der Waals surface area contributed by atoms with Crippen LogP contribution in [0.5, 0.6) is 0 Å². The number of carboxylic acids is 1. The highest BCUT2D eigenvalue weighted by Gasteiger charge is 2.29. The SMILES string of the molecule is O=C(O)c1c([N+](=O)[O-])cnc(C(F)F)c1Cl. The van der Waals surface area contributed by atoms with Crippen molar-refractivity contribution in [3.8, 4) is 0 Å².